The summed E-state index contributed by atoms with van der Waals surface area (Å²) in [5.74, 6) is 0.695. The Kier molecular flexibility index (Phi) is 2.93. The van der Waals surface area contributed by atoms with Crippen LogP contribution in [0.2, 0.25) is 0 Å². The van der Waals surface area contributed by atoms with E-state index in [1.54, 1.807) is 0 Å². The third-order valence-electron chi connectivity index (χ3n) is 4.86. The summed E-state index contributed by atoms with van der Waals surface area (Å²) in [6.07, 6.45) is 8.88. The van der Waals surface area contributed by atoms with Gasteiger partial charge in [-0.3, -0.25) is 0 Å². The molecule has 0 saturated heterocycles. The normalized spacial score (nSPS) is 25.2. The summed E-state index contributed by atoms with van der Waals surface area (Å²) < 4.78 is 0. The van der Waals surface area contributed by atoms with Crippen LogP contribution in [-0.2, 0) is 0 Å². The van der Waals surface area contributed by atoms with E-state index >= 15 is 0 Å². The van der Waals surface area contributed by atoms with Crippen molar-refractivity contribution in [2.45, 2.75) is 50.5 Å². The first kappa shape index (κ1) is 11.8. The molecule has 0 bridgehead atoms. The maximum Gasteiger partial charge on any atom is 0.0411 e. The standard InChI is InChI=1S/C17H23N/c1-3-12-18-16-9-5-4-8-15(16)14(2)13-17(18)10-6-7-11-17/h3-5,8-9,14H,1,6-7,10-13H2,2H3. The van der Waals surface area contributed by atoms with Crippen molar-refractivity contribution in [2.24, 2.45) is 0 Å². The second-order valence-corrected chi connectivity index (χ2v) is 5.99. The van der Waals surface area contributed by atoms with E-state index in [-0.39, 0.29) is 0 Å². The van der Waals surface area contributed by atoms with E-state index in [1.807, 2.05) is 0 Å². The molecule has 1 atom stereocenters. The van der Waals surface area contributed by atoms with E-state index in [0.717, 1.165) is 6.54 Å². The molecule has 0 radical (unpaired) electrons. The highest BCUT2D eigenvalue weighted by Crippen LogP contribution is 2.50. The first-order valence-electron chi connectivity index (χ1n) is 7.24. The predicted molar refractivity (Wildman–Crippen MR) is 78.2 cm³/mol. The molecule has 1 heteroatoms. The molecule has 0 amide bonds. The van der Waals surface area contributed by atoms with Gasteiger partial charge in [0.2, 0.25) is 0 Å². The summed E-state index contributed by atoms with van der Waals surface area (Å²) in [5, 5.41) is 0. The van der Waals surface area contributed by atoms with Crippen molar-refractivity contribution in [1.29, 1.82) is 0 Å². The smallest absolute Gasteiger partial charge is 0.0411 e. The van der Waals surface area contributed by atoms with Crippen LogP contribution in [0, 0.1) is 0 Å². The number of fused-ring (bicyclic) bond motifs is 1. The van der Waals surface area contributed by atoms with Crippen molar-refractivity contribution in [3.8, 4) is 0 Å². The fourth-order valence-electron chi connectivity index (χ4n) is 4.12. The summed E-state index contributed by atoms with van der Waals surface area (Å²) in [6, 6.07) is 8.95. The zero-order valence-corrected chi connectivity index (χ0v) is 11.4. The molecular weight excluding hydrogens is 218 g/mol. The number of nitrogens with zero attached hydrogens (tertiary/aromatic N) is 1. The van der Waals surface area contributed by atoms with Crippen LogP contribution in [0.1, 0.15) is 50.5 Å². The number of benzene rings is 1. The van der Waals surface area contributed by atoms with Crippen molar-refractivity contribution in [1.82, 2.24) is 0 Å². The Morgan fingerprint density at radius 2 is 2.06 bits per heavy atom. The summed E-state index contributed by atoms with van der Waals surface area (Å²) >= 11 is 0. The molecule has 2 aliphatic rings. The Morgan fingerprint density at radius 1 is 1.33 bits per heavy atom. The van der Waals surface area contributed by atoms with Crippen LogP contribution in [0.3, 0.4) is 0 Å². The Balaban J connectivity index is 2.08. The SMILES string of the molecule is C=CCN1c2ccccc2C(C)CC12CCCC2. The first-order chi connectivity index (χ1) is 8.77. The van der Waals surface area contributed by atoms with Gasteiger partial charge in [0, 0.05) is 17.8 Å². The van der Waals surface area contributed by atoms with Gasteiger partial charge in [0.15, 0.2) is 0 Å². The molecule has 96 valence electrons. The molecule has 1 heterocycles. The van der Waals surface area contributed by atoms with Gasteiger partial charge < -0.3 is 4.90 Å². The van der Waals surface area contributed by atoms with Gasteiger partial charge in [-0.05, 0) is 36.8 Å². The molecule has 1 aromatic carbocycles. The molecule has 1 aliphatic heterocycles. The van der Waals surface area contributed by atoms with Gasteiger partial charge in [-0.1, -0.05) is 44.0 Å². The van der Waals surface area contributed by atoms with Crippen molar-refractivity contribution >= 4 is 5.69 Å². The molecule has 0 N–H and O–H groups in total. The van der Waals surface area contributed by atoms with Gasteiger partial charge in [-0.2, -0.15) is 0 Å². The third kappa shape index (κ3) is 1.68. The van der Waals surface area contributed by atoms with Crippen LogP contribution in [-0.4, -0.2) is 12.1 Å². The predicted octanol–water partition coefficient (Wildman–Crippen LogP) is 4.50. The molecule has 18 heavy (non-hydrogen) atoms. The third-order valence-corrected chi connectivity index (χ3v) is 4.86. The highest BCUT2D eigenvalue weighted by Gasteiger charge is 2.44. The van der Waals surface area contributed by atoms with Gasteiger partial charge in [0.25, 0.3) is 0 Å². The Hall–Kier alpha value is -1.24. The first-order valence-corrected chi connectivity index (χ1v) is 7.24. The molecule has 1 saturated carbocycles. The summed E-state index contributed by atoms with van der Waals surface area (Å²) in [5.41, 5.74) is 3.40. The number of hydrogen-bond donors (Lipinski definition) is 0. The fraction of sp³-hybridized carbons (Fsp3) is 0.529. The average molecular weight is 241 g/mol. The lowest BCUT2D eigenvalue weighted by atomic mass is 9.77. The number of anilines is 1. The lowest BCUT2D eigenvalue weighted by molar-refractivity contribution is 0.334. The zero-order chi connectivity index (χ0) is 12.6. The zero-order valence-electron chi connectivity index (χ0n) is 11.4. The van der Waals surface area contributed by atoms with Crippen LogP contribution in [0.4, 0.5) is 5.69 Å². The van der Waals surface area contributed by atoms with Crippen molar-refractivity contribution in [2.75, 3.05) is 11.4 Å². The fourth-order valence-corrected chi connectivity index (χ4v) is 4.12. The highest BCUT2D eigenvalue weighted by atomic mass is 15.2. The van der Waals surface area contributed by atoms with Crippen molar-refractivity contribution in [3.05, 3.63) is 42.5 Å². The van der Waals surface area contributed by atoms with E-state index in [2.05, 4.69) is 48.7 Å². The van der Waals surface area contributed by atoms with Gasteiger partial charge in [0.1, 0.15) is 0 Å². The molecule has 1 fully saturated rings. The van der Waals surface area contributed by atoms with Crippen LogP contribution < -0.4 is 4.90 Å². The number of rotatable bonds is 2. The van der Waals surface area contributed by atoms with Crippen LogP contribution >= 0.6 is 0 Å². The van der Waals surface area contributed by atoms with Gasteiger partial charge in [0.05, 0.1) is 0 Å². The second-order valence-electron chi connectivity index (χ2n) is 5.99. The summed E-state index contributed by atoms with van der Waals surface area (Å²) in [7, 11) is 0. The molecule has 1 nitrogen and oxygen atoms in total. The van der Waals surface area contributed by atoms with E-state index in [9.17, 15) is 0 Å². The largest absolute Gasteiger partial charge is 0.362 e. The Bertz CT molecular complexity index is 443. The quantitative estimate of drug-likeness (QED) is 0.689. The van der Waals surface area contributed by atoms with Crippen LogP contribution in [0.15, 0.2) is 36.9 Å². The minimum Gasteiger partial charge on any atom is -0.362 e. The molecule has 1 aliphatic carbocycles. The van der Waals surface area contributed by atoms with Gasteiger partial charge in [-0.15, -0.1) is 6.58 Å². The van der Waals surface area contributed by atoms with Crippen LogP contribution in [0.25, 0.3) is 0 Å². The monoisotopic (exact) mass is 241 g/mol. The second kappa shape index (κ2) is 4.46. The molecule has 0 aromatic heterocycles. The lowest BCUT2D eigenvalue weighted by Gasteiger charge is -2.49. The van der Waals surface area contributed by atoms with Crippen LogP contribution in [0.5, 0.6) is 0 Å². The maximum atomic E-state index is 3.96. The number of para-hydroxylation sites is 1. The van der Waals surface area contributed by atoms with E-state index < -0.39 is 0 Å². The average Bonchev–Trinajstić information content (AvgIpc) is 2.84. The maximum absolute atomic E-state index is 3.96. The Morgan fingerprint density at radius 3 is 2.78 bits per heavy atom. The number of hydrogen-bond acceptors (Lipinski definition) is 1. The lowest BCUT2D eigenvalue weighted by Crippen LogP contribution is -2.50. The Labute approximate surface area is 111 Å². The van der Waals surface area contributed by atoms with Gasteiger partial charge in [-0.25, -0.2) is 0 Å². The van der Waals surface area contributed by atoms with Gasteiger partial charge >= 0.3 is 0 Å². The summed E-state index contributed by atoms with van der Waals surface area (Å²) in [4.78, 5) is 2.64. The molecule has 3 rings (SSSR count). The molecule has 1 spiro atoms. The topological polar surface area (TPSA) is 3.24 Å². The van der Waals surface area contributed by atoms with E-state index in [1.165, 1.54) is 43.4 Å². The minimum absolute atomic E-state index is 0.419. The van der Waals surface area contributed by atoms with E-state index in [4.69, 9.17) is 0 Å². The molecule has 1 unspecified atom stereocenters. The molecule has 1 aromatic rings. The van der Waals surface area contributed by atoms with Crippen molar-refractivity contribution in [3.63, 3.8) is 0 Å². The van der Waals surface area contributed by atoms with Crippen molar-refractivity contribution < 1.29 is 0 Å². The highest BCUT2D eigenvalue weighted by molar-refractivity contribution is 5.60. The summed E-state index contributed by atoms with van der Waals surface area (Å²) in [6.45, 7) is 7.34. The van der Waals surface area contributed by atoms with E-state index in [0.29, 0.717) is 11.5 Å². The minimum atomic E-state index is 0.419. The molecular formula is C17H23N.